The van der Waals surface area contributed by atoms with Gasteiger partial charge in [-0.1, -0.05) is 207 Å². The van der Waals surface area contributed by atoms with Gasteiger partial charge in [-0.25, -0.2) is 4.98 Å². The highest BCUT2D eigenvalue weighted by molar-refractivity contribution is 6.03. The lowest BCUT2D eigenvalue weighted by molar-refractivity contribution is 0.601. The summed E-state index contributed by atoms with van der Waals surface area (Å²) in [6, 6.07) is 78.7. The third-order valence-electron chi connectivity index (χ3n) is 14.5. The van der Waals surface area contributed by atoms with E-state index < -0.39 is 0 Å². The first-order valence-electron chi connectivity index (χ1n) is 22.5. The number of rotatable bonds is 5. The number of allylic oxidation sites excluding steroid dienone is 4. The highest BCUT2D eigenvalue weighted by Gasteiger charge is 2.52. The summed E-state index contributed by atoms with van der Waals surface area (Å²) in [5.74, 6) is 0. The van der Waals surface area contributed by atoms with Crippen molar-refractivity contribution in [3.63, 3.8) is 0 Å². The number of nitrogens with zero attached hydrogens (tertiary/aromatic N) is 1. The van der Waals surface area contributed by atoms with E-state index >= 15 is 0 Å². The Hall–Kier alpha value is -7.87. The van der Waals surface area contributed by atoms with Crippen LogP contribution in [0.15, 0.2) is 231 Å². The molecule has 13 rings (SSSR count). The molecule has 0 radical (unpaired) electrons. The Morgan fingerprint density at radius 1 is 0.422 bits per heavy atom. The maximum absolute atomic E-state index is 5.29. The van der Waals surface area contributed by atoms with Gasteiger partial charge >= 0.3 is 0 Å². The fourth-order valence-electron chi connectivity index (χ4n) is 11.3. The quantitative estimate of drug-likeness (QED) is 0.169. The summed E-state index contributed by atoms with van der Waals surface area (Å²) < 4.78 is 0. The van der Waals surface area contributed by atoms with Crippen molar-refractivity contribution in [2.75, 3.05) is 0 Å². The molecule has 0 saturated carbocycles. The first-order chi connectivity index (χ1) is 31.6. The molecule has 1 nitrogen and oxygen atoms in total. The molecular formula is C63H43N. The van der Waals surface area contributed by atoms with Gasteiger partial charge in [-0.15, -0.1) is 0 Å². The van der Waals surface area contributed by atoms with Crippen LogP contribution in [0.5, 0.6) is 0 Å². The molecular weight excluding hydrogens is 771 g/mol. The van der Waals surface area contributed by atoms with Crippen LogP contribution in [0.1, 0.15) is 46.9 Å². The van der Waals surface area contributed by atoms with Crippen LogP contribution < -0.4 is 0 Å². The molecule has 0 N–H and O–H groups in total. The Balaban J connectivity index is 0.884. The van der Waals surface area contributed by atoms with Crippen molar-refractivity contribution in [3.8, 4) is 55.6 Å². The number of fused-ring (bicyclic) bond motifs is 12. The van der Waals surface area contributed by atoms with Gasteiger partial charge in [-0.3, -0.25) is 0 Å². The van der Waals surface area contributed by atoms with E-state index in [-0.39, 0.29) is 10.8 Å². The Bertz CT molecular complexity index is 3550. The molecule has 10 aromatic rings. The minimum absolute atomic E-state index is 0.0342. The molecule has 0 aliphatic heterocycles. The number of hydrogen-bond acceptors (Lipinski definition) is 1. The third-order valence-corrected chi connectivity index (χ3v) is 14.5. The topological polar surface area (TPSA) is 12.9 Å². The molecule has 9 aromatic carbocycles. The van der Waals surface area contributed by atoms with Crippen LogP contribution in [-0.4, -0.2) is 4.98 Å². The van der Waals surface area contributed by atoms with Crippen molar-refractivity contribution in [1.29, 1.82) is 0 Å². The molecule has 3 aliphatic rings. The summed E-state index contributed by atoms with van der Waals surface area (Å²) >= 11 is 0. The maximum atomic E-state index is 5.29. The number of pyridine rings is 1. The van der Waals surface area contributed by atoms with Gasteiger partial charge < -0.3 is 0 Å². The van der Waals surface area contributed by atoms with Gasteiger partial charge in [0.2, 0.25) is 0 Å². The Morgan fingerprint density at radius 3 is 1.69 bits per heavy atom. The fourth-order valence-corrected chi connectivity index (χ4v) is 11.3. The zero-order chi connectivity index (χ0) is 42.4. The molecule has 3 aliphatic carbocycles. The zero-order valence-electron chi connectivity index (χ0n) is 35.6. The average Bonchev–Trinajstić information content (AvgIpc) is 3.84. The summed E-state index contributed by atoms with van der Waals surface area (Å²) in [6.07, 6.45) is 7.91. The average molecular weight is 814 g/mol. The minimum Gasteiger partial charge on any atom is -0.248 e. The first-order valence-corrected chi connectivity index (χ1v) is 22.5. The first kappa shape index (κ1) is 36.8. The van der Waals surface area contributed by atoms with Gasteiger partial charge in [0.1, 0.15) is 0 Å². The molecule has 0 amide bonds. The summed E-state index contributed by atoms with van der Waals surface area (Å²) in [6.45, 7) is 2.32. The van der Waals surface area contributed by atoms with Crippen LogP contribution in [0.4, 0.5) is 0 Å². The van der Waals surface area contributed by atoms with E-state index in [0.717, 1.165) is 23.0 Å². The van der Waals surface area contributed by atoms with E-state index in [2.05, 4.69) is 237 Å². The summed E-state index contributed by atoms with van der Waals surface area (Å²) in [7, 11) is 0. The standard InChI is InChI=1S/C63H43N/c1-62(48-17-6-3-7-18-48)35-33-42(34-36-62)60-40-53(41-15-4-2-5-16-41)54-39-46(31-32-59(54)64-60)44-27-28-45-38-47(30-29-43(45)37-44)49-22-14-26-58-61(49)52-21-10-13-25-57(52)63(58)55-23-11-8-19-50(55)51-20-9-12-24-56(51)63/h2-35,37-40H,36H2,1H3. The van der Waals surface area contributed by atoms with Crippen LogP contribution in [0, 0.1) is 0 Å². The second kappa shape index (κ2) is 14.1. The Labute approximate surface area is 374 Å². The van der Waals surface area contributed by atoms with E-state index in [4.69, 9.17) is 4.98 Å². The van der Waals surface area contributed by atoms with Crippen molar-refractivity contribution in [3.05, 3.63) is 264 Å². The normalized spacial score (nSPS) is 16.4. The molecule has 1 heteroatoms. The predicted octanol–water partition coefficient (Wildman–Crippen LogP) is 16.0. The maximum Gasteiger partial charge on any atom is 0.0725 e. The molecule has 1 unspecified atom stereocenters. The van der Waals surface area contributed by atoms with E-state index in [0.29, 0.717) is 0 Å². The van der Waals surface area contributed by atoms with Crippen molar-refractivity contribution in [1.82, 2.24) is 4.98 Å². The second-order valence-electron chi connectivity index (χ2n) is 18.0. The van der Waals surface area contributed by atoms with E-state index in [9.17, 15) is 0 Å². The molecule has 1 atom stereocenters. The van der Waals surface area contributed by atoms with E-state index in [1.54, 1.807) is 0 Å². The summed E-state index contributed by atoms with van der Waals surface area (Å²) in [4.78, 5) is 5.29. The fraction of sp³-hybridized carbons (Fsp3) is 0.0635. The van der Waals surface area contributed by atoms with Crippen LogP contribution >= 0.6 is 0 Å². The third kappa shape index (κ3) is 5.41. The lowest BCUT2D eigenvalue weighted by Gasteiger charge is -2.30. The monoisotopic (exact) mass is 813 g/mol. The van der Waals surface area contributed by atoms with Crippen molar-refractivity contribution >= 4 is 27.2 Å². The predicted molar refractivity (Wildman–Crippen MR) is 267 cm³/mol. The van der Waals surface area contributed by atoms with Gasteiger partial charge in [-0.05, 0) is 137 Å². The zero-order valence-corrected chi connectivity index (χ0v) is 35.6. The molecule has 0 bridgehead atoms. The van der Waals surface area contributed by atoms with Gasteiger partial charge in [0.05, 0.1) is 16.6 Å². The number of hydrogen-bond donors (Lipinski definition) is 0. The van der Waals surface area contributed by atoms with Crippen LogP contribution in [-0.2, 0) is 10.8 Å². The van der Waals surface area contributed by atoms with Gasteiger partial charge in [0, 0.05) is 10.8 Å². The lowest BCUT2D eigenvalue weighted by Crippen LogP contribution is -2.25. The molecule has 0 saturated heterocycles. The SMILES string of the molecule is CC1(c2ccccc2)C=CC(c2cc(-c3ccccc3)c3cc(-c4ccc5cc(-c6cccc7c6-c6ccccc6C76c7ccccc7-c7ccccc76)ccc5c4)ccc3n2)=CC1. The molecule has 0 fully saturated rings. The van der Waals surface area contributed by atoms with Crippen molar-refractivity contribution < 1.29 is 0 Å². The molecule has 1 aromatic heterocycles. The van der Waals surface area contributed by atoms with E-state index in [1.165, 1.54) is 99.8 Å². The largest absolute Gasteiger partial charge is 0.248 e. The van der Waals surface area contributed by atoms with Crippen molar-refractivity contribution in [2.24, 2.45) is 0 Å². The Morgan fingerprint density at radius 2 is 0.984 bits per heavy atom. The minimum atomic E-state index is -0.354. The Kier molecular flexibility index (Phi) is 8.08. The molecule has 1 heterocycles. The van der Waals surface area contributed by atoms with Gasteiger partial charge in [-0.2, -0.15) is 0 Å². The van der Waals surface area contributed by atoms with Gasteiger partial charge in [0.25, 0.3) is 0 Å². The van der Waals surface area contributed by atoms with Crippen molar-refractivity contribution in [2.45, 2.75) is 24.2 Å². The smallest absolute Gasteiger partial charge is 0.0725 e. The summed E-state index contributed by atoms with van der Waals surface area (Å²) in [5.41, 5.74) is 22.2. The van der Waals surface area contributed by atoms with Crippen LogP contribution in [0.25, 0.3) is 82.9 Å². The van der Waals surface area contributed by atoms with Gasteiger partial charge in [0.15, 0.2) is 0 Å². The van der Waals surface area contributed by atoms with Crippen LogP contribution in [0.3, 0.4) is 0 Å². The highest BCUT2D eigenvalue weighted by atomic mass is 14.7. The number of benzene rings is 9. The van der Waals surface area contributed by atoms with E-state index in [1.807, 2.05) is 0 Å². The summed E-state index contributed by atoms with van der Waals surface area (Å²) in [5, 5.41) is 3.60. The highest BCUT2D eigenvalue weighted by Crippen LogP contribution is 2.64. The molecule has 1 spiro atoms. The molecule has 64 heavy (non-hydrogen) atoms. The molecule has 300 valence electrons. The van der Waals surface area contributed by atoms with Crippen LogP contribution in [0.2, 0.25) is 0 Å². The number of aromatic nitrogens is 1. The second-order valence-corrected chi connectivity index (χ2v) is 18.0. The lowest BCUT2D eigenvalue weighted by atomic mass is 9.70.